The van der Waals surface area contributed by atoms with Crippen LogP contribution in [0.3, 0.4) is 0 Å². The molecule has 3 rings (SSSR count). The summed E-state index contributed by atoms with van der Waals surface area (Å²) < 4.78 is 26.5. The van der Waals surface area contributed by atoms with Gasteiger partial charge in [0.1, 0.15) is 0 Å². The zero-order chi connectivity index (χ0) is 15.2. The number of anilines is 1. The van der Waals surface area contributed by atoms with Gasteiger partial charge in [0.2, 0.25) is 11.5 Å². The lowest BCUT2D eigenvalue weighted by atomic mass is 10.1. The van der Waals surface area contributed by atoms with Crippen LogP contribution in [0.5, 0.6) is 11.5 Å². The molecule has 114 valence electrons. The van der Waals surface area contributed by atoms with Crippen LogP contribution in [-0.2, 0) is 0 Å². The van der Waals surface area contributed by atoms with Gasteiger partial charge >= 0.3 is 0 Å². The molecule has 4 N–H and O–H groups in total. The van der Waals surface area contributed by atoms with Crippen molar-refractivity contribution in [1.29, 1.82) is 0 Å². The maximum absolute atomic E-state index is 10.0. The molecule has 0 bridgehead atoms. The smallest absolute Gasteiger partial charge is 0.261 e. The normalized spacial score (nSPS) is 18.9. The van der Waals surface area contributed by atoms with Crippen LogP contribution < -0.4 is 4.31 Å². The molecule has 0 aliphatic carbocycles. The van der Waals surface area contributed by atoms with E-state index in [2.05, 4.69) is 0 Å². The Bertz CT molecular complexity index is 687. The SMILES string of the molecule is Oc1c(-c2cccc(Cl)c2)oc(N2CCCS2(O)O)c1O. The lowest BCUT2D eigenvalue weighted by Gasteiger charge is -2.35. The Labute approximate surface area is 127 Å². The molecule has 1 aliphatic rings. The lowest BCUT2D eigenvalue weighted by Crippen LogP contribution is -2.21. The molecule has 0 atom stereocenters. The summed E-state index contributed by atoms with van der Waals surface area (Å²) in [4.78, 5) is 0. The van der Waals surface area contributed by atoms with E-state index in [1.165, 1.54) is 4.31 Å². The van der Waals surface area contributed by atoms with Crippen molar-refractivity contribution in [3.63, 3.8) is 0 Å². The van der Waals surface area contributed by atoms with Gasteiger partial charge in [-0.2, -0.15) is 0 Å². The van der Waals surface area contributed by atoms with E-state index < -0.39 is 22.3 Å². The zero-order valence-corrected chi connectivity index (χ0v) is 12.4. The molecule has 1 aromatic heterocycles. The maximum Gasteiger partial charge on any atom is 0.261 e. The number of hydrogen-bond acceptors (Lipinski definition) is 6. The molecule has 8 heteroatoms. The fourth-order valence-corrected chi connectivity index (χ4v) is 4.03. The molecular weight excluding hydrogens is 318 g/mol. The molecule has 6 nitrogen and oxygen atoms in total. The first-order valence-corrected chi connectivity index (χ1v) is 8.29. The number of benzene rings is 1. The van der Waals surface area contributed by atoms with E-state index in [0.717, 1.165) is 0 Å². The van der Waals surface area contributed by atoms with Crippen LogP contribution in [0.2, 0.25) is 5.02 Å². The van der Waals surface area contributed by atoms with E-state index in [9.17, 15) is 19.3 Å². The first-order chi connectivity index (χ1) is 9.90. The van der Waals surface area contributed by atoms with Crippen LogP contribution in [0.15, 0.2) is 28.7 Å². The Balaban J connectivity index is 2.08. The molecule has 0 spiro atoms. The summed E-state index contributed by atoms with van der Waals surface area (Å²) in [6.07, 6.45) is 0.565. The summed E-state index contributed by atoms with van der Waals surface area (Å²) >= 11 is 5.89. The van der Waals surface area contributed by atoms with Crippen molar-refractivity contribution in [1.82, 2.24) is 0 Å². The average molecular weight is 332 g/mol. The van der Waals surface area contributed by atoms with Gasteiger partial charge < -0.3 is 14.6 Å². The highest BCUT2D eigenvalue weighted by atomic mass is 35.5. The second kappa shape index (κ2) is 5.03. The van der Waals surface area contributed by atoms with E-state index >= 15 is 0 Å². The number of rotatable bonds is 2. The average Bonchev–Trinajstić information content (AvgIpc) is 2.91. The van der Waals surface area contributed by atoms with Crippen LogP contribution >= 0.6 is 22.4 Å². The van der Waals surface area contributed by atoms with Crippen molar-refractivity contribution >= 4 is 28.3 Å². The second-order valence-corrected chi connectivity index (χ2v) is 7.29. The second-order valence-electron chi connectivity index (χ2n) is 4.74. The zero-order valence-electron chi connectivity index (χ0n) is 10.9. The highest BCUT2D eigenvalue weighted by Gasteiger charge is 2.36. The van der Waals surface area contributed by atoms with Crippen LogP contribution in [0, 0.1) is 0 Å². The summed E-state index contributed by atoms with van der Waals surface area (Å²) in [5.41, 5.74) is 0.484. The van der Waals surface area contributed by atoms with E-state index in [4.69, 9.17) is 16.0 Å². The van der Waals surface area contributed by atoms with E-state index in [1.54, 1.807) is 24.3 Å². The molecule has 21 heavy (non-hydrogen) atoms. The van der Waals surface area contributed by atoms with Crippen molar-refractivity contribution in [3.05, 3.63) is 29.3 Å². The highest BCUT2D eigenvalue weighted by Crippen LogP contribution is 2.57. The summed E-state index contributed by atoms with van der Waals surface area (Å²) in [6, 6.07) is 6.59. The van der Waals surface area contributed by atoms with Crippen molar-refractivity contribution in [2.24, 2.45) is 0 Å². The first kappa shape index (κ1) is 14.4. The summed E-state index contributed by atoms with van der Waals surface area (Å²) in [7, 11) is -3.01. The Morgan fingerprint density at radius 1 is 1.19 bits per heavy atom. The van der Waals surface area contributed by atoms with E-state index in [-0.39, 0.29) is 17.4 Å². The number of halogens is 1. The minimum absolute atomic E-state index is 0.0344. The summed E-state index contributed by atoms with van der Waals surface area (Å²) in [6.45, 7) is 0.331. The largest absolute Gasteiger partial charge is 0.502 e. The minimum atomic E-state index is -3.01. The predicted molar refractivity (Wildman–Crippen MR) is 82.2 cm³/mol. The van der Waals surface area contributed by atoms with Crippen LogP contribution in [-0.4, -0.2) is 31.6 Å². The van der Waals surface area contributed by atoms with Gasteiger partial charge in [0, 0.05) is 17.1 Å². The molecule has 0 amide bonds. The summed E-state index contributed by atoms with van der Waals surface area (Å²) in [5, 5.41) is 20.5. The van der Waals surface area contributed by atoms with Crippen LogP contribution in [0.25, 0.3) is 11.3 Å². The molecule has 2 aromatic rings. The van der Waals surface area contributed by atoms with Crippen molar-refractivity contribution < 1.29 is 23.7 Å². The van der Waals surface area contributed by atoms with Crippen molar-refractivity contribution in [2.45, 2.75) is 6.42 Å². The molecule has 1 saturated heterocycles. The molecular formula is C13H14ClNO5S. The number of furan rings is 1. The molecule has 0 unspecified atom stereocenters. The third-order valence-corrected chi connectivity index (χ3v) is 5.41. The van der Waals surface area contributed by atoms with Gasteiger partial charge in [0.25, 0.3) is 5.88 Å². The van der Waals surface area contributed by atoms with Gasteiger partial charge in [-0.1, -0.05) is 23.7 Å². The highest BCUT2D eigenvalue weighted by molar-refractivity contribution is 8.25. The fourth-order valence-electron chi connectivity index (χ4n) is 2.29. The Morgan fingerprint density at radius 3 is 2.57 bits per heavy atom. The molecule has 1 fully saturated rings. The molecule has 0 saturated carbocycles. The van der Waals surface area contributed by atoms with Gasteiger partial charge in [-0.15, -0.1) is 10.8 Å². The third-order valence-electron chi connectivity index (χ3n) is 3.29. The first-order valence-electron chi connectivity index (χ1n) is 6.24. The topological polar surface area (TPSA) is 97.3 Å². The maximum atomic E-state index is 10.0. The van der Waals surface area contributed by atoms with Gasteiger partial charge in [-0.05, 0) is 18.6 Å². The number of aromatic hydroxyl groups is 2. The minimum Gasteiger partial charge on any atom is -0.502 e. The number of hydrogen-bond donors (Lipinski definition) is 4. The number of nitrogens with zero attached hydrogens (tertiary/aromatic N) is 1. The van der Waals surface area contributed by atoms with Crippen LogP contribution in [0.1, 0.15) is 6.42 Å². The lowest BCUT2D eigenvalue weighted by molar-refractivity contribution is 0.409. The van der Waals surface area contributed by atoms with Crippen LogP contribution in [0.4, 0.5) is 5.88 Å². The Kier molecular flexibility index (Phi) is 3.45. The van der Waals surface area contributed by atoms with Gasteiger partial charge in [0.15, 0.2) is 5.76 Å². The van der Waals surface area contributed by atoms with Gasteiger partial charge in [0.05, 0.1) is 5.75 Å². The third kappa shape index (κ3) is 2.42. The van der Waals surface area contributed by atoms with Crippen molar-refractivity contribution in [2.75, 3.05) is 16.6 Å². The van der Waals surface area contributed by atoms with Gasteiger partial charge in [-0.3, -0.25) is 9.11 Å². The molecule has 0 radical (unpaired) electrons. The Morgan fingerprint density at radius 2 is 1.95 bits per heavy atom. The monoisotopic (exact) mass is 331 g/mol. The summed E-state index contributed by atoms with van der Waals surface area (Å²) in [5.74, 6) is -0.853. The standard InChI is InChI=1S/C13H14ClNO5S/c14-9-4-1-3-8(7-9)12-10(16)11(17)13(20-12)15-5-2-6-21(15,18)19/h1,3-4,7,16-19H,2,5-6H2. The molecule has 1 aliphatic heterocycles. The Hall–Kier alpha value is -1.54. The quantitative estimate of drug-likeness (QED) is 0.666. The molecule has 2 heterocycles. The van der Waals surface area contributed by atoms with E-state index in [1.807, 2.05) is 0 Å². The van der Waals surface area contributed by atoms with Crippen molar-refractivity contribution in [3.8, 4) is 22.8 Å². The van der Waals surface area contributed by atoms with Gasteiger partial charge in [-0.25, -0.2) is 4.31 Å². The fraction of sp³-hybridized carbons (Fsp3) is 0.231. The predicted octanol–water partition coefficient (Wildman–Crippen LogP) is 3.89. The molecule has 1 aromatic carbocycles. The van der Waals surface area contributed by atoms with E-state index in [0.29, 0.717) is 23.6 Å².